The molecule has 0 atom stereocenters. The number of amides is 1. The van der Waals surface area contributed by atoms with Crippen molar-refractivity contribution in [2.24, 2.45) is 0 Å². The Labute approximate surface area is 126 Å². The Bertz CT molecular complexity index is 700. The number of carbonyl (C=O) groups excluding carboxylic acids is 2. The van der Waals surface area contributed by atoms with Crippen molar-refractivity contribution in [2.75, 3.05) is 12.4 Å². The number of hydrogen-bond donors (Lipinski definition) is 2. The summed E-state index contributed by atoms with van der Waals surface area (Å²) in [7, 11) is 1.21. The lowest BCUT2D eigenvalue weighted by Gasteiger charge is -2.10. The summed E-state index contributed by atoms with van der Waals surface area (Å²) in [4.78, 5) is 23.6. The summed E-state index contributed by atoms with van der Waals surface area (Å²) in [6.07, 6.45) is 0. The van der Waals surface area contributed by atoms with Crippen molar-refractivity contribution in [2.45, 2.75) is 0 Å². The Morgan fingerprint density at radius 1 is 1.10 bits per heavy atom. The van der Waals surface area contributed by atoms with E-state index in [2.05, 4.69) is 10.1 Å². The highest BCUT2D eigenvalue weighted by molar-refractivity contribution is 6.34. The van der Waals surface area contributed by atoms with Gasteiger partial charge in [0.05, 0.1) is 23.4 Å². The number of esters is 1. The molecule has 0 aliphatic carbocycles. The molecule has 2 N–H and O–H groups in total. The first-order chi connectivity index (χ1) is 10.0. The molecule has 0 spiro atoms. The number of benzene rings is 2. The van der Waals surface area contributed by atoms with Crippen molar-refractivity contribution >= 4 is 29.2 Å². The minimum absolute atomic E-state index is 0.0329. The number of hydrogen-bond acceptors (Lipinski definition) is 4. The van der Waals surface area contributed by atoms with E-state index in [4.69, 9.17) is 11.6 Å². The molecule has 0 radical (unpaired) electrons. The van der Waals surface area contributed by atoms with Gasteiger partial charge in [0.15, 0.2) is 5.75 Å². The lowest BCUT2D eigenvalue weighted by molar-refractivity contribution is 0.0597. The molecule has 0 heterocycles. The van der Waals surface area contributed by atoms with Gasteiger partial charge in [0.2, 0.25) is 0 Å². The summed E-state index contributed by atoms with van der Waals surface area (Å²) in [5, 5.41) is 12.8. The Kier molecular flexibility index (Phi) is 4.45. The van der Waals surface area contributed by atoms with E-state index >= 15 is 0 Å². The first-order valence-corrected chi connectivity index (χ1v) is 6.38. The Morgan fingerprint density at radius 3 is 2.43 bits per heavy atom. The fraction of sp³-hybridized carbons (Fsp3) is 0.0667. The molecule has 0 saturated carbocycles. The zero-order valence-corrected chi connectivity index (χ0v) is 11.8. The minimum Gasteiger partial charge on any atom is -0.505 e. The van der Waals surface area contributed by atoms with Crippen LogP contribution >= 0.6 is 11.6 Å². The average molecular weight is 306 g/mol. The van der Waals surface area contributed by atoms with Crippen molar-refractivity contribution in [1.82, 2.24) is 0 Å². The van der Waals surface area contributed by atoms with Gasteiger partial charge in [-0.15, -0.1) is 0 Å². The molecule has 0 unspecified atom stereocenters. The van der Waals surface area contributed by atoms with E-state index in [0.29, 0.717) is 5.02 Å². The predicted molar refractivity (Wildman–Crippen MR) is 78.9 cm³/mol. The van der Waals surface area contributed by atoms with Crippen LogP contribution in [0.1, 0.15) is 20.7 Å². The largest absolute Gasteiger partial charge is 0.505 e. The molecule has 0 aromatic heterocycles. The molecule has 2 aromatic rings. The minimum atomic E-state index is -0.693. The zero-order chi connectivity index (χ0) is 15.4. The monoisotopic (exact) mass is 305 g/mol. The lowest BCUT2D eigenvalue weighted by atomic mass is 10.1. The van der Waals surface area contributed by atoms with Crippen molar-refractivity contribution in [3.63, 3.8) is 0 Å². The van der Waals surface area contributed by atoms with E-state index < -0.39 is 11.9 Å². The maximum absolute atomic E-state index is 12.1. The molecule has 2 rings (SSSR count). The van der Waals surface area contributed by atoms with Crippen LogP contribution in [-0.2, 0) is 4.74 Å². The van der Waals surface area contributed by atoms with E-state index in [1.54, 1.807) is 24.3 Å². The fourth-order valence-corrected chi connectivity index (χ4v) is 1.98. The second-order valence-corrected chi connectivity index (χ2v) is 4.53. The molecular weight excluding hydrogens is 294 g/mol. The normalized spacial score (nSPS) is 10.0. The summed E-state index contributed by atoms with van der Waals surface area (Å²) >= 11 is 5.93. The second-order valence-electron chi connectivity index (χ2n) is 4.13. The van der Waals surface area contributed by atoms with Crippen LogP contribution < -0.4 is 5.32 Å². The lowest BCUT2D eigenvalue weighted by Crippen LogP contribution is -2.13. The Balaban J connectivity index is 2.30. The quantitative estimate of drug-likeness (QED) is 0.675. The first kappa shape index (κ1) is 14.9. The van der Waals surface area contributed by atoms with E-state index in [1.165, 1.54) is 25.3 Å². The Morgan fingerprint density at radius 2 is 1.76 bits per heavy atom. The van der Waals surface area contributed by atoms with E-state index in [-0.39, 0.29) is 22.6 Å². The number of ether oxygens (including phenoxy) is 1. The van der Waals surface area contributed by atoms with Crippen LogP contribution in [0.3, 0.4) is 0 Å². The predicted octanol–water partition coefficient (Wildman–Crippen LogP) is 3.08. The van der Waals surface area contributed by atoms with E-state index in [0.717, 1.165) is 0 Å². The number of anilines is 1. The summed E-state index contributed by atoms with van der Waals surface area (Å²) in [6.45, 7) is 0. The van der Waals surface area contributed by atoms with Crippen LogP contribution in [0.2, 0.25) is 5.02 Å². The molecule has 6 heteroatoms. The van der Waals surface area contributed by atoms with Crippen molar-refractivity contribution < 1.29 is 19.4 Å². The van der Waals surface area contributed by atoms with Gasteiger partial charge in [0.25, 0.3) is 5.91 Å². The van der Waals surface area contributed by atoms with Gasteiger partial charge in [-0.1, -0.05) is 29.8 Å². The molecule has 0 fully saturated rings. The summed E-state index contributed by atoms with van der Waals surface area (Å²) in [6, 6.07) is 10.9. The van der Waals surface area contributed by atoms with Crippen molar-refractivity contribution in [3.8, 4) is 5.75 Å². The number of rotatable bonds is 3. The smallest absolute Gasteiger partial charge is 0.341 e. The van der Waals surface area contributed by atoms with Gasteiger partial charge in [0, 0.05) is 0 Å². The molecule has 21 heavy (non-hydrogen) atoms. The first-order valence-electron chi connectivity index (χ1n) is 6.00. The van der Waals surface area contributed by atoms with Gasteiger partial charge in [0.1, 0.15) is 5.56 Å². The van der Waals surface area contributed by atoms with Crippen LogP contribution in [-0.4, -0.2) is 24.1 Å². The third-order valence-corrected chi connectivity index (χ3v) is 3.14. The highest BCUT2D eigenvalue weighted by Gasteiger charge is 2.17. The number of methoxy groups -OCH3 is 1. The second kappa shape index (κ2) is 6.28. The standard InChI is InChI=1S/C15H12ClNO4/c1-21-15(20)10-6-4-8-12(13(10)18)17-14(19)9-5-2-3-7-11(9)16/h2-8,18H,1H3,(H,17,19). The molecule has 2 aromatic carbocycles. The van der Waals surface area contributed by atoms with Crippen LogP contribution in [0.5, 0.6) is 5.75 Å². The number of carbonyl (C=O) groups is 2. The van der Waals surface area contributed by atoms with Gasteiger partial charge in [-0.2, -0.15) is 0 Å². The molecule has 5 nitrogen and oxygen atoms in total. The molecule has 108 valence electrons. The van der Waals surface area contributed by atoms with E-state index in [9.17, 15) is 14.7 Å². The van der Waals surface area contributed by atoms with Gasteiger partial charge in [-0.25, -0.2) is 4.79 Å². The topological polar surface area (TPSA) is 75.6 Å². The van der Waals surface area contributed by atoms with Gasteiger partial charge in [-0.05, 0) is 24.3 Å². The maximum atomic E-state index is 12.1. The summed E-state index contributed by atoms with van der Waals surface area (Å²) in [5.74, 6) is -1.54. The fourth-order valence-electron chi connectivity index (χ4n) is 1.75. The van der Waals surface area contributed by atoms with Crippen LogP contribution in [0.15, 0.2) is 42.5 Å². The van der Waals surface area contributed by atoms with Gasteiger partial charge < -0.3 is 15.2 Å². The van der Waals surface area contributed by atoms with Crippen LogP contribution in [0.25, 0.3) is 0 Å². The SMILES string of the molecule is COC(=O)c1cccc(NC(=O)c2ccccc2Cl)c1O. The number of phenolic OH excluding ortho intramolecular Hbond substituents is 1. The van der Waals surface area contributed by atoms with Gasteiger partial charge >= 0.3 is 5.97 Å². The number of halogens is 1. The number of para-hydroxylation sites is 1. The molecule has 0 bridgehead atoms. The number of nitrogens with one attached hydrogen (secondary N) is 1. The Hall–Kier alpha value is -2.53. The summed E-state index contributed by atoms with van der Waals surface area (Å²) < 4.78 is 4.55. The zero-order valence-electron chi connectivity index (χ0n) is 11.1. The van der Waals surface area contributed by atoms with Gasteiger partial charge in [-0.3, -0.25) is 4.79 Å². The van der Waals surface area contributed by atoms with Crippen LogP contribution in [0.4, 0.5) is 5.69 Å². The third-order valence-electron chi connectivity index (χ3n) is 2.81. The van der Waals surface area contributed by atoms with E-state index in [1.807, 2.05) is 0 Å². The third kappa shape index (κ3) is 3.14. The molecule has 1 amide bonds. The average Bonchev–Trinajstić information content (AvgIpc) is 2.49. The van der Waals surface area contributed by atoms with Crippen molar-refractivity contribution in [1.29, 1.82) is 0 Å². The highest BCUT2D eigenvalue weighted by atomic mass is 35.5. The maximum Gasteiger partial charge on any atom is 0.341 e. The van der Waals surface area contributed by atoms with Crippen molar-refractivity contribution in [3.05, 3.63) is 58.6 Å². The molecule has 0 aliphatic heterocycles. The number of aromatic hydroxyl groups is 1. The molecule has 0 saturated heterocycles. The highest BCUT2D eigenvalue weighted by Crippen LogP contribution is 2.29. The molecular formula is C15H12ClNO4. The molecule has 0 aliphatic rings. The summed E-state index contributed by atoms with van der Waals surface area (Å²) in [5.41, 5.74) is 0.333. The number of phenols is 1. The van der Waals surface area contributed by atoms with Crippen LogP contribution in [0, 0.1) is 0 Å².